The number of nitrogens with zero attached hydrogens (tertiary/aromatic N) is 3. The number of oxazole rings is 1. The lowest BCUT2D eigenvalue weighted by molar-refractivity contribution is 0.0741. The Hall–Kier alpha value is -2.50. The molecule has 0 aliphatic carbocycles. The smallest absolute Gasteiger partial charge is 0.292 e. The number of carbonyl (C=O) groups excluding carboxylic acids is 1. The third kappa shape index (κ3) is 2.84. The van der Waals surface area contributed by atoms with E-state index >= 15 is 0 Å². The van der Waals surface area contributed by atoms with Gasteiger partial charge in [0.2, 0.25) is 0 Å². The number of nitrogen functional groups attached to an aromatic ring is 1. The highest BCUT2D eigenvalue weighted by atomic mass is 16.4. The lowest BCUT2D eigenvalue weighted by atomic mass is 10.2. The Morgan fingerprint density at radius 2 is 2.05 bits per heavy atom. The molecule has 110 valence electrons. The summed E-state index contributed by atoms with van der Waals surface area (Å²) in [7, 11) is 0. The van der Waals surface area contributed by atoms with E-state index in [1.807, 2.05) is 0 Å². The van der Waals surface area contributed by atoms with Gasteiger partial charge >= 0.3 is 0 Å². The zero-order valence-corrected chi connectivity index (χ0v) is 12.0. The van der Waals surface area contributed by atoms with Crippen molar-refractivity contribution in [1.29, 1.82) is 0 Å². The van der Waals surface area contributed by atoms with Crippen LogP contribution >= 0.6 is 0 Å². The molecule has 3 rings (SSSR count). The van der Waals surface area contributed by atoms with Crippen LogP contribution in [0, 0.1) is 6.92 Å². The second-order valence-corrected chi connectivity index (χ2v) is 5.19. The number of aromatic nitrogens is 1. The first-order valence-corrected chi connectivity index (χ1v) is 6.95. The summed E-state index contributed by atoms with van der Waals surface area (Å²) in [5, 5.41) is 0. The van der Waals surface area contributed by atoms with Crippen molar-refractivity contribution in [2.45, 2.75) is 6.92 Å². The van der Waals surface area contributed by atoms with Crippen molar-refractivity contribution in [3.63, 3.8) is 0 Å². The fourth-order valence-corrected chi connectivity index (χ4v) is 2.54. The maximum absolute atomic E-state index is 12.2. The molecule has 21 heavy (non-hydrogen) atoms. The minimum absolute atomic E-state index is 0.0248. The number of carbonyl (C=O) groups is 1. The summed E-state index contributed by atoms with van der Waals surface area (Å²) < 4.78 is 4.89. The molecule has 0 atom stereocenters. The SMILES string of the molecule is Cc1cccc(N2CCN(C(=O)c3coc(N)n3)CC2)c1. The average molecular weight is 286 g/mol. The van der Waals surface area contributed by atoms with Gasteiger partial charge in [-0.15, -0.1) is 0 Å². The predicted octanol–water partition coefficient (Wildman–Crippen LogP) is 1.53. The van der Waals surface area contributed by atoms with Crippen LogP contribution in [0.25, 0.3) is 0 Å². The Balaban J connectivity index is 1.64. The summed E-state index contributed by atoms with van der Waals surface area (Å²) in [6, 6.07) is 8.42. The summed E-state index contributed by atoms with van der Waals surface area (Å²) in [5.41, 5.74) is 8.12. The van der Waals surface area contributed by atoms with Crippen LogP contribution in [0.5, 0.6) is 0 Å². The molecule has 0 bridgehead atoms. The molecule has 6 nitrogen and oxygen atoms in total. The van der Waals surface area contributed by atoms with E-state index in [9.17, 15) is 4.79 Å². The molecule has 2 heterocycles. The van der Waals surface area contributed by atoms with Gasteiger partial charge in [-0.05, 0) is 24.6 Å². The minimum Gasteiger partial charge on any atom is -0.431 e. The van der Waals surface area contributed by atoms with Crippen LogP contribution in [-0.4, -0.2) is 42.0 Å². The molecule has 1 aliphatic heterocycles. The van der Waals surface area contributed by atoms with E-state index in [1.165, 1.54) is 17.5 Å². The van der Waals surface area contributed by atoms with Gasteiger partial charge in [0.15, 0.2) is 5.69 Å². The molecular formula is C15H18N4O2. The highest BCUT2D eigenvalue weighted by Gasteiger charge is 2.24. The molecule has 2 aromatic rings. The maximum Gasteiger partial charge on any atom is 0.292 e. The number of anilines is 2. The van der Waals surface area contributed by atoms with E-state index in [4.69, 9.17) is 10.2 Å². The van der Waals surface area contributed by atoms with Crippen molar-refractivity contribution in [3.05, 3.63) is 41.8 Å². The molecule has 0 saturated carbocycles. The van der Waals surface area contributed by atoms with Gasteiger partial charge in [-0.2, -0.15) is 4.98 Å². The van der Waals surface area contributed by atoms with Gasteiger partial charge in [0.05, 0.1) is 0 Å². The first kappa shape index (κ1) is 13.5. The molecule has 1 aliphatic rings. The van der Waals surface area contributed by atoms with Crippen LogP contribution in [0.3, 0.4) is 0 Å². The molecule has 0 spiro atoms. The number of hydrogen-bond acceptors (Lipinski definition) is 5. The molecule has 6 heteroatoms. The van der Waals surface area contributed by atoms with Crippen LogP contribution in [0.15, 0.2) is 34.9 Å². The second-order valence-electron chi connectivity index (χ2n) is 5.19. The first-order chi connectivity index (χ1) is 10.1. The molecule has 1 amide bonds. The standard InChI is InChI=1S/C15H18N4O2/c1-11-3-2-4-12(9-11)18-5-7-19(8-6-18)14(20)13-10-21-15(16)17-13/h2-4,9-10H,5-8H2,1H3,(H2,16,17). The third-order valence-electron chi connectivity index (χ3n) is 3.67. The second kappa shape index (κ2) is 5.47. The highest BCUT2D eigenvalue weighted by molar-refractivity contribution is 5.92. The van der Waals surface area contributed by atoms with Gasteiger partial charge < -0.3 is 20.0 Å². The normalized spacial score (nSPS) is 15.3. The molecule has 2 N–H and O–H groups in total. The minimum atomic E-state index is -0.126. The van der Waals surface area contributed by atoms with Crippen molar-refractivity contribution in [2.24, 2.45) is 0 Å². The van der Waals surface area contributed by atoms with E-state index < -0.39 is 0 Å². The topological polar surface area (TPSA) is 75.6 Å². The van der Waals surface area contributed by atoms with Crippen molar-refractivity contribution < 1.29 is 9.21 Å². The number of hydrogen-bond donors (Lipinski definition) is 1. The van der Waals surface area contributed by atoms with Crippen LogP contribution in [0.1, 0.15) is 16.1 Å². The summed E-state index contributed by atoms with van der Waals surface area (Å²) >= 11 is 0. The molecular weight excluding hydrogens is 268 g/mol. The molecule has 1 fully saturated rings. The van der Waals surface area contributed by atoms with Gasteiger partial charge in [-0.3, -0.25) is 4.79 Å². The van der Waals surface area contributed by atoms with Gasteiger partial charge in [0, 0.05) is 31.9 Å². The van der Waals surface area contributed by atoms with E-state index in [-0.39, 0.29) is 17.6 Å². The number of aryl methyl sites for hydroxylation is 1. The predicted molar refractivity (Wildman–Crippen MR) is 80.2 cm³/mol. The molecule has 0 unspecified atom stereocenters. The number of amides is 1. The Morgan fingerprint density at radius 1 is 1.29 bits per heavy atom. The number of piperazine rings is 1. The fourth-order valence-electron chi connectivity index (χ4n) is 2.54. The van der Waals surface area contributed by atoms with Crippen LogP contribution in [0.2, 0.25) is 0 Å². The number of nitrogens with two attached hydrogens (primary N) is 1. The van der Waals surface area contributed by atoms with Gasteiger partial charge in [0.1, 0.15) is 6.26 Å². The van der Waals surface area contributed by atoms with Crippen molar-refractivity contribution in [2.75, 3.05) is 36.8 Å². The Morgan fingerprint density at radius 3 is 2.67 bits per heavy atom. The lowest BCUT2D eigenvalue weighted by Crippen LogP contribution is -2.48. The number of benzene rings is 1. The summed E-state index contributed by atoms with van der Waals surface area (Å²) in [4.78, 5) is 20.2. The van der Waals surface area contributed by atoms with Gasteiger partial charge in [0.25, 0.3) is 11.9 Å². The van der Waals surface area contributed by atoms with E-state index in [2.05, 4.69) is 41.1 Å². The molecule has 1 aromatic carbocycles. The summed E-state index contributed by atoms with van der Waals surface area (Å²) in [6.07, 6.45) is 1.31. The highest BCUT2D eigenvalue weighted by Crippen LogP contribution is 2.18. The van der Waals surface area contributed by atoms with Gasteiger partial charge in [-0.1, -0.05) is 12.1 Å². The average Bonchev–Trinajstić information content (AvgIpc) is 2.93. The summed E-state index contributed by atoms with van der Waals surface area (Å²) in [6.45, 7) is 5.03. The molecule has 1 saturated heterocycles. The first-order valence-electron chi connectivity index (χ1n) is 6.95. The molecule has 1 aromatic heterocycles. The quantitative estimate of drug-likeness (QED) is 0.906. The van der Waals surface area contributed by atoms with E-state index in [1.54, 1.807) is 4.90 Å². The van der Waals surface area contributed by atoms with Crippen LogP contribution in [0.4, 0.5) is 11.7 Å². The maximum atomic E-state index is 12.2. The van der Waals surface area contributed by atoms with Crippen molar-refractivity contribution >= 4 is 17.6 Å². The zero-order chi connectivity index (χ0) is 14.8. The van der Waals surface area contributed by atoms with E-state index in [0.29, 0.717) is 13.1 Å². The zero-order valence-electron chi connectivity index (χ0n) is 12.0. The van der Waals surface area contributed by atoms with E-state index in [0.717, 1.165) is 13.1 Å². The monoisotopic (exact) mass is 286 g/mol. The largest absolute Gasteiger partial charge is 0.431 e. The third-order valence-corrected chi connectivity index (χ3v) is 3.67. The lowest BCUT2D eigenvalue weighted by Gasteiger charge is -2.35. The summed E-state index contributed by atoms with van der Waals surface area (Å²) in [5.74, 6) is -0.126. The van der Waals surface area contributed by atoms with Gasteiger partial charge in [-0.25, -0.2) is 0 Å². The van der Waals surface area contributed by atoms with Crippen LogP contribution in [-0.2, 0) is 0 Å². The Bertz CT molecular complexity index is 645. The Kier molecular flexibility index (Phi) is 3.51. The van der Waals surface area contributed by atoms with Crippen molar-refractivity contribution in [3.8, 4) is 0 Å². The van der Waals surface area contributed by atoms with Crippen LogP contribution < -0.4 is 10.6 Å². The molecule has 0 radical (unpaired) electrons. The fraction of sp³-hybridized carbons (Fsp3) is 0.333. The number of rotatable bonds is 2. The van der Waals surface area contributed by atoms with Crippen molar-refractivity contribution in [1.82, 2.24) is 9.88 Å². The Labute approximate surface area is 123 Å².